The van der Waals surface area contributed by atoms with Crippen LogP contribution in [0.4, 0.5) is 0 Å². The molecule has 0 radical (unpaired) electrons. The van der Waals surface area contributed by atoms with Crippen LogP contribution in [0.15, 0.2) is 0 Å². The zero-order valence-corrected chi connectivity index (χ0v) is 6.81. The Morgan fingerprint density at radius 1 is 1.22 bits per heavy atom. The Morgan fingerprint density at radius 3 is 1.33 bits per heavy atom. The summed E-state index contributed by atoms with van der Waals surface area (Å²) in [5, 5.41) is 16.4. The standard InChI is InChI=1S/C4H10O.C3H8O/c1-4(2,3)5;1-2-3-4/h5H,1-3H3;4H,2-3H2,1H3. The monoisotopic (exact) mass is 134 g/mol. The van der Waals surface area contributed by atoms with Crippen LogP contribution < -0.4 is 0 Å². The van der Waals surface area contributed by atoms with Gasteiger partial charge < -0.3 is 10.2 Å². The van der Waals surface area contributed by atoms with Gasteiger partial charge in [0, 0.05) is 6.61 Å². The van der Waals surface area contributed by atoms with Gasteiger partial charge in [0.1, 0.15) is 0 Å². The summed E-state index contributed by atoms with van der Waals surface area (Å²) < 4.78 is 0. The van der Waals surface area contributed by atoms with Crippen molar-refractivity contribution in [1.29, 1.82) is 0 Å². The van der Waals surface area contributed by atoms with E-state index in [0.29, 0.717) is 6.61 Å². The first-order valence-electron chi connectivity index (χ1n) is 3.25. The molecule has 0 aliphatic heterocycles. The van der Waals surface area contributed by atoms with Crippen molar-refractivity contribution >= 4 is 0 Å². The fourth-order valence-corrected chi connectivity index (χ4v) is 0. The van der Waals surface area contributed by atoms with E-state index < -0.39 is 5.60 Å². The molecule has 2 heteroatoms. The summed E-state index contributed by atoms with van der Waals surface area (Å²) in [6.45, 7) is 7.48. The summed E-state index contributed by atoms with van der Waals surface area (Å²) in [6.07, 6.45) is 0.875. The molecular formula is C7H18O2. The molecule has 58 valence electrons. The van der Waals surface area contributed by atoms with Crippen molar-refractivity contribution in [1.82, 2.24) is 0 Å². The van der Waals surface area contributed by atoms with E-state index in [2.05, 4.69) is 0 Å². The first kappa shape index (κ1) is 11.7. The van der Waals surface area contributed by atoms with Gasteiger partial charge in [0.05, 0.1) is 5.60 Å². The average molecular weight is 134 g/mol. The number of aliphatic hydroxyl groups is 2. The van der Waals surface area contributed by atoms with Crippen molar-refractivity contribution in [3.8, 4) is 0 Å². The molecule has 0 saturated carbocycles. The molecule has 0 atom stereocenters. The Morgan fingerprint density at radius 2 is 1.33 bits per heavy atom. The van der Waals surface area contributed by atoms with Crippen molar-refractivity contribution in [3.05, 3.63) is 0 Å². The summed E-state index contributed by atoms with van der Waals surface area (Å²) in [4.78, 5) is 0. The molecule has 9 heavy (non-hydrogen) atoms. The molecule has 0 rings (SSSR count). The van der Waals surface area contributed by atoms with Gasteiger partial charge in [-0.2, -0.15) is 0 Å². The Bertz CT molecular complexity index is 37.4. The Kier molecular flexibility index (Phi) is 7.85. The molecule has 0 aromatic carbocycles. The highest BCUT2D eigenvalue weighted by molar-refractivity contribution is 4.50. The van der Waals surface area contributed by atoms with Gasteiger partial charge in [0.25, 0.3) is 0 Å². The average Bonchev–Trinajstić information content (AvgIpc) is 1.61. The SMILES string of the molecule is CC(C)(C)O.CCCO. The first-order chi connectivity index (χ1) is 3.91. The van der Waals surface area contributed by atoms with E-state index in [9.17, 15) is 0 Å². The molecule has 0 fully saturated rings. The number of hydrogen-bond donors (Lipinski definition) is 2. The normalized spacial score (nSPS) is 10.0. The summed E-state index contributed by atoms with van der Waals surface area (Å²) in [5.41, 5.74) is -0.500. The van der Waals surface area contributed by atoms with Gasteiger partial charge in [0.2, 0.25) is 0 Å². The Labute approximate surface area is 57.5 Å². The molecule has 0 saturated heterocycles. The minimum Gasteiger partial charge on any atom is -0.396 e. The third-order valence-electron chi connectivity index (χ3n) is 0.224. The second-order valence-electron chi connectivity index (χ2n) is 2.89. The fraction of sp³-hybridized carbons (Fsp3) is 1.00. The van der Waals surface area contributed by atoms with Gasteiger partial charge in [-0.25, -0.2) is 0 Å². The van der Waals surface area contributed by atoms with Gasteiger partial charge in [-0.15, -0.1) is 0 Å². The van der Waals surface area contributed by atoms with Gasteiger partial charge >= 0.3 is 0 Å². The highest BCUT2D eigenvalue weighted by Crippen LogP contribution is 1.93. The van der Waals surface area contributed by atoms with Crippen LogP contribution in [0.25, 0.3) is 0 Å². The first-order valence-corrected chi connectivity index (χ1v) is 3.25. The van der Waals surface area contributed by atoms with Crippen LogP contribution in [-0.2, 0) is 0 Å². The predicted molar refractivity (Wildman–Crippen MR) is 39.3 cm³/mol. The maximum Gasteiger partial charge on any atom is 0.0563 e. The van der Waals surface area contributed by atoms with Crippen LogP contribution >= 0.6 is 0 Å². The van der Waals surface area contributed by atoms with Gasteiger partial charge in [-0.1, -0.05) is 6.92 Å². The topological polar surface area (TPSA) is 40.5 Å². The largest absolute Gasteiger partial charge is 0.396 e. The van der Waals surface area contributed by atoms with Crippen LogP contribution in [0.1, 0.15) is 34.1 Å². The quantitative estimate of drug-likeness (QED) is 0.565. The van der Waals surface area contributed by atoms with Gasteiger partial charge in [-0.3, -0.25) is 0 Å². The van der Waals surface area contributed by atoms with Crippen molar-refractivity contribution < 1.29 is 10.2 Å². The molecule has 0 aliphatic rings. The maximum absolute atomic E-state index is 8.52. The third kappa shape index (κ3) is 328. The van der Waals surface area contributed by atoms with E-state index in [1.807, 2.05) is 6.92 Å². The summed E-state index contributed by atoms with van der Waals surface area (Å²) in [5.74, 6) is 0. The third-order valence-corrected chi connectivity index (χ3v) is 0.224. The summed E-state index contributed by atoms with van der Waals surface area (Å²) >= 11 is 0. The lowest BCUT2D eigenvalue weighted by Gasteiger charge is -2.04. The van der Waals surface area contributed by atoms with E-state index in [-0.39, 0.29) is 0 Å². The predicted octanol–water partition coefficient (Wildman–Crippen LogP) is 1.17. The molecule has 2 nitrogen and oxygen atoms in total. The minimum absolute atomic E-state index is 0.319. The molecule has 0 unspecified atom stereocenters. The fourth-order valence-electron chi connectivity index (χ4n) is 0. The van der Waals surface area contributed by atoms with Crippen LogP contribution in [0.2, 0.25) is 0 Å². The number of aliphatic hydroxyl groups excluding tert-OH is 1. The van der Waals surface area contributed by atoms with Crippen LogP contribution in [0.3, 0.4) is 0 Å². The molecular weight excluding hydrogens is 116 g/mol. The van der Waals surface area contributed by atoms with Crippen molar-refractivity contribution in [2.75, 3.05) is 6.61 Å². The van der Waals surface area contributed by atoms with Gasteiger partial charge in [-0.05, 0) is 27.2 Å². The highest BCUT2D eigenvalue weighted by Gasteiger charge is 1.97. The van der Waals surface area contributed by atoms with E-state index >= 15 is 0 Å². The molecule has 0 amide bonds. The Balaban J connectivity index is 0. The van der Waals surface area contributed by atoms with Crippen molar-refractivity contribution in [2.24, 2.45) is 0 Å². The number of rotatable bonds is 1. The molecule has 0 aliphatic carbocycles. The number of hydrogen-bond acceptors (Lipinski definition) is 2. The molecule has 0 heterocycles. The minimum atomic E-state index is -0.500. The lowest BCUT2D eigenvalue weighted by Crippen LogP contribution is -2.10. The van der Waals surface area contributed by atoms with E-state index in [1.54, 1.807) is 20.8 Å². The molecule has 0 spiro atoms. The van der Waals surface area contributed by atoms with E-state index in [1.165, 1.54) is 0 Å². The zero-order valence-electron chi connectivity index (χ0n) is 6.81. The van der Waals surface area contributed by atoms with Crippen LogP contribution in [-0.4, -0.2) is 22.4 Å². The van der Waals surface area contributed by atoms with Gasteiger partial charge in [0.15, 0.2) is 0 Å². The van der Waals surface area contributed by atoms with E-state index in [4.69, 9.17) is 10.2 Å². The second-order valence-corrected chi connectivity index (χ2v) is 2.89. The molecule has 2 N–H and O–H groups in total. The lowest BCUT2D eigenvalue weighted by molar-refractivity contribution is 0.102. The lowest BCUT2D eigenvalue weighted by atomic mass is 10.2. The van der Waals surface area contributed by atoms with Crippen LogP contribution in [0.5, 0.6) is 0 Å². The second kappa shape index (κ2) is 6.05. The molecule has 0 aromatic rings. The summed E-state index contributed by atoms with van der Waals surface area (Å²) in [6, 6.07) is 0. The van der Waals surface area contributed by atoms with E-state index in [0.717, 1.165) is 6.42 Å². The Hall–Kier alpha value is -0.0800. The molecule has 0 bridgehead atoms. The maximum atomic E-state index is 8.52. The van der Waals surface area contributed by atoms with Crippen molar-refractivity contribution in [3.63, 3.8) is 0 Å². The molecule has 0 aromatic heterocycles. The van der Waals surface area contributed by atoms with Crippen molar-refractivity contribution in [2.45, 2.75) is 39.7 Å². The summed E-state index contributed by atoms with van der Waals surface area (Å²) in [7, 11) is 0. The van der Waals surface area contributed by atoms with Crippen LogP contribution in [0, 0.1) is 0 Å². The highest BCUT2D eigenvalue weighted by atomic mass is 16.3. The zero-order chi connectivity index (χ0) is 7.91. The smallest absolute Gasteiger partial charge is 0.0563 e.